The number of Topliss-reactive ketones (excluding diaryl/α,β-unsaturated/α-hetero) is 1. The summed E-state index contributed by atoms with van der Waals surface area (Å²) in [5.74, 6) is -2.67. The highest BCUT2D eigenvalue weighted by atomic mass is 31.2. The van der Waals surface area contributed by atoms with Crippen LogP contribution in [0.4, 0.5) is 0 Å². The summed E-state index contributed by atoms with van der Waals surface area (Å²) in [6.45, 7) is 0. The predicted molar refractivity (Wildman–Crippen MR) is 88.1 cm³/mol. The first kappa shape index (κ1) is 17.0. The smallest absolute Gasteiger partial charge is 0.323 e. The molecule has 1 saturated heterocycles. The summed E-state index contributed by atoms with van der Waals surface area (Å²) < 4.78 is 12.0. The van der Waals surface area contributed by atoms with Crippen LogP contribution in [-0.4, -0.2) is 33.5 Å². The van der Waals surface area contributed by atoms with E-state index in [9.17, 15) is 19.1 Å². The molecule has 1 aliphatic heterocycles. The lowest BCUT2D eigenvalue weighted by Crippen LogP contribution is -2.33. The molecular weight excluding hydrogens is 329 g/mol. The Morgan fingerprint density at radius 1 is 1.04 bits per heavy atom. The summed E-state index contributed by atoms with van der Waals surface area (Å²) in [6, 6.07) is 17.5. The Morgan fingerprint density at radius 2 is 1.58 bits per heavy atom. The van der Waals surface area contributed by atoms with Gasteiger partial charge in [0.1, 0.15) is 11.9 Å². The molecule has 6 nitrogen and oxygen atoms in total. The largest absolute Gasteiger partial charge is 0.345 e. The maximum absolute atomic E-state index is 13.0. The van der Waals surface area contributed by atoms with Gasteiger partial charge >= 0.3 is 7.60 Å². The van der Waals surface area contributed by atoms with Gasteiger partial charge in [0.25, 0.3) is 0 Å². The first-order chi connectivity index (χ1) is 11.4. The molecular formula is C17H18NO5P. The van der Waals surface area contributed by atoms with E-state index in [2.05, 4.69) is 0 Å². The van der Waals surface area contributed by atoms with Crippen LogP contribution in [0.5, 0.6) is 0 Å². The molecule has 0 amide bonds. The normalized spacial score (nSPS) is 24.9. The Bertz CT molecular complexity index is 761. The fourth-order valence-corrected chi connectivity index (χ4v) is 4.28. The number of rotatable bonds is 4. The highest BCUT2D eigenvalue weighted by Gasteiger charge is 2.54. The number of hydroxylamine groups is 2. The lowest BCUT2D eigenvalue weighted by molar-refractivity contribution is -0.137. The number of ketones is 1. The van der Waals surface area contributed by atoms with Gasteiger partial charge in [-0.15, -0.1) is 0 Å². The van der Waals surface area contributed by atoms with Crippen LogP contribution in [0.3, 0.4) is 0 Å². The van der Waals surface area contributed by atoms with Gasteiger partial charge in [0.2, 0.25) is 0 Å². The number of hydrogen-bond acceptors (Lipinski definition) is 4. The lowest BCUT2D eigenvalue weighted by Gasteiger charge is -2.23. The zero-order valence-corrected chi connectivity index (χ0v) is 13.9. The first-order valence-electron chi connectivity index (χ1n) is 7.48. The van der Waals surface area contributed by atoms with Crippen LogP contribution in [0.25, 0.3) is 0 Å². The van der Waals surface area contributed by atoms with Crippen molar-refractivity contribution in [1.82, 2.24) is 5.06 Å². The minimum atomic E-state index is -4.58. The van der Waals surface area contributed by atoms with Gasteiger partial charge in [0, 0.05) is 12.6 Å². The van der Waals surface area contributed by atoms with Crippen LogP contribution in [0, 0.1) is 5.92 Å². The van der Waals surface area contributed by atoms with Crippen LogP contribution in [0.15, 0.2) is 60.7 Å². The van der Waals surface area contributed by atoms with E-state index in [-0.39, 0.29) is 5.78 Å². The second-order valence-electron chi connectivity index (χ2n) is 5.74. The topological polar surface area (TPSA) is 87.1 Å². The van der Waals surface area contributed by atoms with Crippen molar-refractivity contribution in [3.8, 4) is 0 Å². The molecule has 0 unspecified atom stereocenters. The standard InChI is InChI=1S/C17H18NO5P/c1-18-17(24(20,21)22)14(15(19)12-8-4-2-5-9-12)16(23-18)13-10-6-3-7-11-13/h2-11,14,16-17H,1H3,(H2,20,21,22)/t14-,16-,17+/m0/s1. The van der Waals surface area contributed by atoms with Gasteiger partial charge in [-0.25, -0.2) is 0 Å². The van der Waals surface area contributed by atoms with Crippen LogP contribution < -0.4 is 0 Å². The van der Waals surface area contributed by atoms with Crippen molar-refractivity contribution in [2.24, 2.45) is 5.92 Å². The van der Waals surface area contributed by atoms with Gasteiger partial charge in [-0.05, 0) is 5.56 Å². The summed E-state index contributed by atoms with van der Waals surface area (Å²) >= 11 is 0. The van der Waals surface area contributed by atoms with Crippen LogP contribution >= 0.6 is 7.60 Å². The van der Waals surface area contributed by atoms with Gasteiger partial charge in [-0.3, -0.25) is 14.2 Å². The molecule has 0 aromatic heterocycles. The lowest BCUT2D eigenvalue weighted by atomic mass is 9.89. The highest BCUT2D eigenvalue weighted by molar-refractivity contribution is 7.52. The number of benzene rings is 2. The third-order valence-electron chi connectivity index (χ3n) is 4.13. The molecule has 2 aromatic rings. The zero-order valence-electron chi connectivity index (χ0n) is 13.0. The molecule has 2 N–H and O–H groups in total. The Balaban J connectivity index is 2.06. The molecule has 0 aliphatic carbocycles. The molecule has 0 saturated carbocycles. The molecule has 0 spiro atoms. The first-order valence-corrected chi connectivity index (χ1v) is 9.17. The Kier molecular flexibility index (Phi) is 4.67. The minimum absolute atomic E-state index is 0.345. The molecule has 126 valence electrons. The summed E-state index contributed by atoms with van der Waals surface area (Å²) in [6.07, 6.45) is -0.749. The van der Waals surface area contributed by atoms with Crippen molar-refractivity contribution < 1.29 is 24.0 Å². The monoisotopic (exact) mass is 347 g/mol. The van der Waals surface area contributed by atoms with Crippen molar-refractivity contribution in [2.75, 3.05) is 7.05 Å². The number of carbonyl (C=O) groups is 1. The second-order valence-corrected chi connectivity index (χ2v) is 7.45. The van der Waals surface area contributed by atoms with E-state index >= 15 is 0 Å². The van der Waals surface area contributed by atoms with Gasteiger partial charge in [0.15, 0.2) is 5.78 Å². The van der Waals surface area contributed by atoms with Gasteiger partial charge < -0.3 is 9.79 Å². The van der Waals surface area contributed by atoms with E-state index in [1.54, 1.807) is 54.6 Å². The Hall–Kier alpha value is -1.82. The minimum Gasteiger partial charge on any atom is -0.323 e. The van der Waals surface area contributed by atoms with E-state index < -0.39 is 25.4 Å². The average Bonchev–Trinajstić information content (AvgIpc) is 2.93. The summed E-state index contributed by atoms with van der Waals surface area (Å²) in [5.41, 5.74) is 1.11. The SMILES string of the molecule is CN1O[C@@H](c2ccccc2)[C@H](C(=O)c2ccccc2)[C@H]1P(=O)(O)O. The Labute approximate surface area is 139 Å². The van der Waals surface area contributed by atoms with E-state index in [0.29, 0.717) is 11.1 Å². The molecule has 7 heteroatoms. The van der Waals surface area contributed by atoms with E-state index in [0.717, 1.165) is 5.06 Å². The summed E-state index contributed by atoms with van der Waals surface area (Å²) in [7, 11) is -3.14. The quantitative estimate of drug-likeness (QED) is 0.653. The van der Waals surface area contributed by atoms with E-state index in [4.69, 9.17) is 4.84 Å². The van der Waals surface area contributed by atoms with Crippen molar-refractivity contribution in [2.45, 2.75) is 11.9 Å². The zero-order chi connectivity index (χ0) is 17.3. The van der Waals surface area contributed by atoms with Crippen molar-refractivity contribution in [1.29, 1.82) is 0 Å². The third-order valence-corrected chi connectivity index (χ3v) is 5.47. The second kappa shape index (κ2) is 6.59. The van der Waals surface area contributed by atoms with Crippen molar-refractivity contribution >= 4 is 13.4 Å². The molecule has 1 fully saturated rings. The highest BCUT2D eigenvalue weighted by Crippen LogP contribution is 2.55. The van der Waals surface area contributed by atoms with Crippen LogP contribution in [-0.2, 0) is 9.40 Å². The molecule has 24 heavy (non-hydrogen) atoms. The predicted octanol–water partition coefficient (Wildman–Crippen LogP) is 2.61. The molecule has 0 radical (unpaired) electrons. The number of carbonyl (C=O) groups excluding carboxylic acids is 1. The van der Waals surface area contributed by atoms with Gasteiger partial charge in [0.05, 0.1) is 5.92 Å². The maximum atomic E-state index is 13.0. The van der Waals surface area contributed by atoms with Gasteiger partial charge in [-0.1, -0.05) is 60.7 Å². The van der Waals surface area contributed by atoms with Crippen molar-refractivity contribution in [3.05, 3.63) is 71.8 Å². The molecule has 3 rings (SSSR count). The Morgan fingerprint density at radius 3 is 2.12 bits per heavy atom. The fraction of sp³-hybridized carbons (Fsp3) is 0.235. The number of nitrogens with zero attached hydrogens (tertiary/aromatic N) is 1. The van der Waals surface area contributed by atoms with Crippen LogP contribution in [0.1, 0.15) is 22.0 Å². The van der Waals surface area contributed by atoms with Crippen LogP contribution in [0.2, 0.25) is 0 Å². The number of hydrogen-bond donors (Lipinski definition) is 2. The summed E-state index contributed by atoms with van der Waals surface area (Å²) in [5, 5.41) is 1.12. The third kappa shape index (κ3) is 3.20. The molecule has 0 bridgehead atoms. The van der Waals surface area contributed by atoms with E-state index in [1.165, 1.54) is 7.05 Å². The summed E-state index contributed by atoms with van der Waals surface area (Å²) in [4.78, 5) is 38.2. The molecule has 1 heterocycles. The average molecular weight is 347 g/mol. The molecule has 2 aromatic carbocycles. The molecule has 3 atom stereocenters. The fourth-order valence-electron chi connectivity index (χ4n) is 3.09. The maximum Gasteiger partial charge on any atom is 0.345 e. The van der Waals surface area contributed by atoms with Crippen molar-refractivity contribution in [3.63, 3.8) is 0 Å². The molecule has 1 aliphatic rings. The van der Waals surface area contributed by atoms with Gasteiger partial charge in [-0.2, -0.15) is 5.06 Å². The van der Waals surface area contributed by atoms with E-state index in [1.807, 2.05) is 6.07 Å².